The van der Waals surface area contributed by atoms with E-state index >= 15 is 0 Å². The van der Waals surface area contributed by atoms with E-state index in [4.69, 9.17) is 12.2 Å². The number of nitrogens with one attached hydrogen (secondary N) is 1. The summed E-state index contributed by atoms with van der Waals surface area (Å²) in [4.78, 5) is 6.65. The average Bonchev–Trinajstić information content (AvgIpc) is 3.39. The van der Waals surface area contributed by atoms with Crippen molar-refractivity contribution >= 4 is 23.0 Å². The zero-order valence-corrected chi connectivity index (χ0v) is 17.8. The van der Waals surface area contributed by atoms with Crippen molar-refractivity contribution in [2.75, 3.05) is 4.90 Å². The average molecular weight is 429 g/mol. The molecule has 0 radical (unpaired) electrons. The van der Waals surface area contributed by atoms with Crippen molar-refractivity contribution in [2.24, 2.45) is 0 Å². The molecule has 0 unspecified atom stereocenters. The number of pyridine rings is 1. The predicted molar refractivity (Wildman–Crippen MR) is 125 cm³/mol. The van der Waals surface area contributed by atoms with Crippen molar-refractivity contribution in [1.82, 2.24) is 14.9 Å². The van der Waals surface area contributed by atoms with Gasteiger partial charge in [-0.3, -0.25) is 4.98 Å². The number of aromatic nitrogens is 2. The Bertz CT molecular complexity index is 1220. The van der Waals surface area contributed by atoms with Gasteiger partial charge < -0.3 is 14.8 Å². The first-order valence-corrected chi connectivity index (χ1v) is 10.5. The molecule has 5 rings (SSSR count). The molecule has 31 heavy (non-hydrogen) atoms. The summed E-state index contributed by atoms with van der Waals surface area (Å²) < 4.78 is 15.8. The number of benzene rings is 2. The third-order valence-electron chi connectivity index (χ3n) is 5.57. The fourth-order valence-corrected chi connectivity index (χ4v) is 4.53. The van der Waals surface area contributed by atoms with E-state index in [0.717, 1.165) is 22.8 Å². The summed E-state index contributed by atoms with van der Waals surface area (Å²) in [5, 5.41) is 4.04. The molecule has 2 aromatic heterocycles. The van der Waals surface area contributed by atoms with Crippen LogP contribution in [0.3, 0.4) is 0 Å². The van der Waals surface area contributed by atoms with E-state index in [1.807, 2.05) is 24.3 Å². The monoisotopic (exact) mass is 428 g/mol. The van der Waals surface area contributed by atoms with Gasteiger partial charge in [0.05, 0.1) is 11.7 Å². The number of nitrogens with zero attached hydrogens (tertiary/aromatic N) is 3. The lowest BCUT2D eigenvalue weighted by atomic mass is 10.0. The summed E-state index contributed by atoms with van der Waals surface area (Å²) in [6.07, 6.45) is 3.85. The molecule has 1 N–H and O–H groups in total. The van der Waals surface area contributed by atoms with Crippen LogP contribution >= 0.6 is 12.2 Å². The minimum atomic E-state index is -0.275. The molecule has 1 saturated heterocycles. The molecule has 3 heterocycles. The molecule has 0 aliphatic carbocycles. The lowest BCUT2D eigenvalue weighted by Gasteiger charge is -2.29. The largest absolute Gasteiger partial charge is 0.351 e. The van der Waals surface area contributed by atoms with E-state index in [2.05, 4.69) is 63.2 Å². The van der Waals surface area contributed by atoms with Crippen molar-refractivity contribution in [1.29, 1.82) is 0 Å². The maximum atomic E-state index is 13.6. The van der Waals surface area contributed by atoms with Crippen molar-refractivity contribution in [3.05, 3.63) is 114 Å². The van der Waals surface area contributed by atoms with Gasteiger partial charge in [-0.1, -0.05) is 18.2 Å². The molecule has 0 spiro atoms. The van der Waals surface area contributed by atoms with Gasteiger partial charge in [0.2, 0.25) is 0 Å². The Labute approximate surface area is 186 Å². The van der Waals surface area contributed by atoms with Gasteiger partial charge in [0.1, 0.15) is 11.9 Å². The predicted octanol–water partition coefficient (Wildman–Crippen LogP) is 5.50. The minimum Gasteiger partial charge on any atom is -0.351 e. The van der Waals surface area contributed by atoms with E-state index in [9.17, 15) is 4.39 Å². The smallest absolute Gasteiger partial charge is 0.174 e. The van der Waals surface area contributed by atoms with Crippen molar-refractivity contribution in [3.8, 4) is 5.69 Å². The fraction of sp³-hybridized carbons (Fsp3) is 0.120. The lowest BCUT2D eigenvalue weighted by Crippen LogP contribution is -2.30. The molecular formula is C25H21FN4S. The van der Waals surface area contributed by atoms with Crippen LogP contribution in [-0.2, 0) is 0 Å². The highest BCUT2D eigenvalue weighted by Crippen LogP contribution is 2.42. The van der Waals surface area contributed by atoms with Crippen LogP contribution in [-0.4, -0.2) is 14.7 Å². The number of rotatable bonds is 4. The van der Waals surface area contributed by atoms with Gasteiger partial charge in [-0.15, -0.1) is 0 Å². The summed E-state index contributed by atoms with van der Waals surface area (Å²) in [5.41, 5.74) is 5.07. The highest BCUT2D eigenvalue weighted by atomic mass is 32.1. The third-order valence-corrected chi connectivity index (χ3v) is 5.88. The number of hydrogen-bond acceptors (Lipinski definition) is 2. The van der Waals surface area contributed by atoms with Gasteiger partial charge in [0.15, 0.2) is 5.11 Å². The number of hydrogen-bond donors (Lipinski definition) is 1. The van der Waals surface area contributed by atoms with Gasteiger partial charge >= 0.3 is 0 Å². The number of aryl methyl sites for hydroxylation is 1. The molecule has 0 saturated carbocycles. The number of thiocarbonyl (C=S) groups is 1. The second-order valence-electron chi connectivity index (χ2n) is 7.62. The summed E-state index contributed by atoms with van der Waals surface area (Å²) in [5.74, 6) is -0.275. The van der Waals surface area contributed by atoms with Gasteiger partial charge in [-0.2, -0.15) is 0 Å². The second kappa shape index (κ2) is 7.96. The fourth-order valence-electron chi connectivity index (χ4n) is 4.18. The topological polar surface area (TPSA) is 33.1 Å². The highest BCUT2D eigenvalue weighted by Gasteiger charge is 2.42. The van der Waals surface area contributed by atoms with Gasteiger partial charge in [0, 0.05) is 29.5 Å². The van der Waals surface area contributed by atoms with Crippen LogP contribution in [0.15, 0.2) is 91.3 Å². The van der Waals surface area contributed by atoms with Crippen molar-refractivity contribution in [2.45, 2.75) is 19.0 Å². The molecule has 1 aliphatic heterocycles. The SMILES string of the molecule is Cc1cccc(-n2cccc2[C@@H]2[C@@H](c3ccccn3)NC(=S)N2c2ccc(F)cc2)c1. The maximum Gasteiger partial charge on any atom is 0.174 e. The van der Waals surface area contributed by atoms with Crippen LogP contribution in [0.1, 0.15) is 29.0 Å². The van der Waals surface area contributed by atoms with E-state index in [0.29, 0.717) is 5.11 Å². The Balaban J connectivity index is 1.67. The van der Waals surface area contributed by atoms with Crippen LogP contribution in [0.2, 0.25) is 0 Å². The molecule has 6 heteroatoms. The summed E-state index contributed by atoms with van der Waals surface area (Å²) in [7, 11) is 0. The first-order chi connectivity index (χ1) is 15.1. The normalized spacial score (nSPS) is 18.3. The van der Waals surface area contributed by atoms with Crippen molar-refractivity contribution < 1.29 is 4.39 Å². The zero-order chi connectivity index (χ0) is 21.4. The van der Waals surface area contributed by atoms with Crippen LogP contribution in [0, 0.1) is 12.7 Å². The molecule has 154 valence electrons. The van der Waals surface area contributed by atoms with Gasteiger partial charge in [-0.25, -0.2) is 4.39 Å². The van der Waals surface area contributed by atoms with E-state index < -0.39 is 0 Å². The first kappa shape index (κ1) is 19.5. The Morgan fingerprint density at radius 2 is 1.77 bits per heavy atom. The maximum absolute atomic E-state index is 13.6. The van der Waals surface area contributed by atoms with Crippen LogP contribution in [0.25, 0.3) is 5.69 Å². The summed E-state index contributed by atoms with van der Waals surface area (Å²) >= 11 is 5.75. The molecule has 1 fully saturated rings. The molecule has 1 aliphatic rings. The first-order valence-electron chi connectivity index (χ1n) is 10.1. The molecule has 2 atom stereocenters. The minimum absolute atomic E-state index is 0.155. The second-order valence-corrected chi connectivity index (χ2v) is 8.00. The molecular weight excluding hydrogens is 407 g/mol. The summed E-state index contributed by atoms with van der Waals surface area (Å²) in [6, 6.07) is 24.5. The molecule has 4 nitrogen and oxygen atoms in total. The van der Waals surface area contributed by atoms with Gasteiger partial charge in [-0.05, 0) is 85.4 Å². The Kier molecular flexibility index (Phi) is 5.00. The standard InChI is InChI=1S/C25H21FN4S/c1-17-6-4-7-20(16-17)29-15-5-9-22(29)24-23(21-8-2-3-14-27-21)28-25(31)30(24)19-12-10-18(26)11-13-19/h2-16,23-24H,1H3,(H,28,31)/t23-,24-/m1/s1. The van der Waals surface area contributed by atoms with E-state index in [1.165, 1.54) is 17.7 Å². The Morgan fingerprint density at radius 1 is 0.935 bits per heavy atom. The van der Waals surface area contributed by atoms with Crippen LogP contribution in [0.4, 0.5) is 10.1 Å². The molecule has 0 amide bonds. The highest BCUT2D eigenvalue weighted by molar-refractivity contribution is 7.80. The summed E-state index contributed by atoms with van der Waals surface area (Å²) in [6.45, 7) is 2.08. The van der Waals surface area contributed by atoms with Crippen LogP contribution < -0.4 is 10.2 Å². The molecule has 4 aromatic rings. The number of halogens is 1. The lowest BCUT2D eigenvalue weighted by molar-refractivity contribution is 0.549. The van der Waals surface area contributed by atoms with E-state index in [1.54, 1.807) is 18.3 Å². The van der Waals surface area contributed by atoms with Gasteiger partial charge in [0.25, 0.3) is 0 Å². The Hall–Kier alpha value is -3.51. The third kappa shape index (κ3) is 3.59. The van der Waals surface area contributed by atoms with E-state index in [-0.39, 0.29) is 17.9 Å². The zero-order valence-electron chi connectivity index (χ0n) is 16.9. The Morgan fingerprint density at radius 3 is 2.52 bits per heavy atom. The number of anilines is 1. The quantitative estimate of drug-likeness (QED) is 0.435. The van der Waals surface area contributed by atoms with Crippen LogP contribution in [0.5, 0.6) is 0 Å². The van der Waals surface area contributed by atoms with Crippen molar-refractivity contribution in [3.63, 3.8) is 0 Å². The molecule has 0 bridgehead atoms. The molecule has 2 aromatic carbocycles.